The Balaban J connectivity index is 2.47. The molecule has 1 rings (SSSR count). The SMILES string of the molecule is CN(CCO)S(=O)(=O)CC1CCCO1. The molecule has 1 aliphatic rings. The molecule has 0 saturated carbocycles. The van der Waals surface area contributed by atoms with E-state index < -0.39 is 10.0 Å². The van der Waals surface area contributed by atoms with Gasteiger partial charge in [0.2, 0.25) is 10.0 Å². The summed E-state index contributed by atoms with van der Waals surface area (Å²) in [5.74, 6) is 0.0312. The minimum atomic E-state index is -3.26. The average Bonchev–Trinajstić information content (AvgIpc) is 2.56. The van der Waals surface area contributed by atoms with Gasteiger partial charge in [-0.25, -0.2) is 12.7 Å². The monoisotopic (exact) mass is 223 g/mol. The van der Waals surface area contributed by atoms with E-state index in [-0.39, 0.29) is 25.0 Å². The van der Waals surface area contributed by atoms with E-state index in [2.05, 4.69) is 0 Å². The maximum Gasteiger partial charge on any atom is 0.216 e. The zero-order valence-electron chi connectivity index (χ0n) is 8.35. The fourth-order valence-electron chi connectivity index (χ4n) is 1.42. The summed E-state index contributed by atoms with van der Waals surface area (Å²) in [6, 6.07) is 0. The average molecular weight is 223 g/mol. The molecule has 1 atom stereocenters. The van der Waals surface area contributed by atoms with Crippen molar-refractivity contribution < 1.29 is 18.3 Å². The molecule has 1 N–H and O–H groups in total. The van der Waals surface area contributed by atoms with Gasteiger partial charge in [-0.05, 0) is 12.8 Å². The fraction of sp³-hybridized carbons (Fsp3) is 1.00. The van der Waals surface area contributed by atoms with Crippen molar-refractivity contribution in [3.63, 3.8) is 0 Å². The van der Waals surface area contributed by atoms with E-state index in [9.17, 15) is 8.42 Å². The number of aliphatic hydroxyl groups excluding tert-OH is 1. The highest BCUT2D eigenvalue weighted by atomic mass is 32.2. The number of nitrogens with zero attached hydrogens (tertiary/aromatic N) is 1. The molecule has 5 nitrogen and oxygen atoms in total. The van der Waals surface area contributed by atoms with Crippen molar-refractivity contribution >= 4 is 10.0 Å². The molecular weight excluding hydrogens is 206 g/mol. The van der Waals surface area contributed by atoms with E-state index in [0.29, 0.717) is 6.61 Å². The lowest BCUT2D eigenvalue weighted by atomic mass is 10.3. The first-order valence-electron chi connectivity index (χ1n) is 4.73. The Kier molecular flexibility index (Phi) is 4.31. The molecule has 0 aromatic rings. The van der Waals surface area contributed by atoms with Gasteiger partial charge in [0.05, 0.1) is 18.5 Å². The van der Waals surface area contributed by atoms with Gasteiger partial charge in [0.1, 0.15) is 0 Å². The van der Waals surface area contributed by atoms with Gasteiger partial charge in [0, 0.05) is 20.2 Å². The highest BCUT2D eigenvalue weighted by molar-refractivity contribution is 7.89. The minimum Gasteiger partial charge on any atom is -0.395 e. The Hall–Kier alpha value is -0.170. The molecule has 0 aromatic carbocycles. The van der Waals surface area contributed by atoms with Crippen molar-refractivity contribution in [3.05, 3.63) is 0 Å². The molecule has 1 saturated heterocycles. The van der Waals surface area contributed by atoms with Crippen molar-refractivity contribution in [1.82, 2.24) is 4.31 Å². The predicted octanol–water partition coefficient (Wildman–Crippen LogP) is -0.581. The third-order valence-electron chi connectivity index (χ3n) is 2.31. The van der Waals surface area contributed by atoms with Crippen LogP contribution in [0.1, 0.15) is 12.8 Å². The second-order valence-corrected chi connectivity index (χ2v) is 5.58. The lowest BCUT2D eigenvalue weighted by Crippen LogP contribution is -2.35. The third kappa shape index (κ3) is 3.20. The second-order valence-electron chi connectivity index (χ2n) is 3.46. The molecule has 84 valence electrons. The molecule has 1 fully saturated rings. The summed E-state index contributed by atoms with van der Waals surface area (Å²) in [5.41, 5.74) is 0. The van der Waals surface area contributed by atoms with Crippen molar-refractivity contribution in [3.8, 4) is 0 Å². The number of aliphatic hydroxyl groups is 1. The van der Waals surface area contributed by atoms with E-state index in [1.54, 1.807) is 0 Å². The van der Waals surface area contributed by atoms with Crippen LogP contribution in [0.2, 0.25) is 0 Å². The predicted molar refractivity (Wildman–Crippen MR) is 52.5 cm³/mol. The Labute approximate surface area is 84.7 Å². The molecule has 0 aromatic heterocycles. The van der Waals surface area contributed by atoms with Gasteiger partial charge in [-0.1, -0.05) is 0 Å². The molecule has 6 heteroatoms. The summed E-state index contributed by atoms with van der Waals surface area (Å²) in [5, 5.41) is 8.62. The van der Waals surface area contributed by atoms with Gasteiger partial charge >= 0.3 is 0 Å². The molecular formula is C8H17NO4S. The van der Waals surface area contributed by atoms with Crippen LogP contribution in [0.5, 0.6) is 0 Å². The first-order valence-corrected chi connectivity index (χ1v) is 6.33. The standard InChI is InChI=1S/C8H17NO4S/c1-9(4-5-10)14(11,12)7-8-3-2-6-13-8/h8,10H,2-7H2,1H3. The zero-order chi connectivity index (χ0) is 10.6. The van der Waals surface area contributed by atoms with Crippen LogP contribution < -0.4 is 0 Å². The molecule has 1 aliphatic heterocycles. The van der Waals surface area contributed by atoms with Crippen LogP contribution in [0.3, 0.4) is 0 Å². The van der Waals surface area contributed by atoms with Crippen LogP contribution in [-0.2, 0) is 14.8 Å². The van der Waals surface area contributed by atoms with Crippen molar-refractivity contribution in [2.75, 3.05) is 32.6 Å². The first-order chi connectivity index (χ1) is 6.56. The van der Waals surface area contributed by atoms with Gasteiger partial charge < -0.3 is 9.84 Å². The first kappa shape index (κ1) is 11.9. The summed E-state index contributed by atoms with van der Waals surface area (Å²) in [4.78, 5) is 0. The highest BCUT2D eigenvalue weighted by Gasteiger charge is 2.25. The van der Waals surface area contributed by atoms with Crippen LogP contribution >= 0.6 is 0 Å². The van der Waals surface area contributed by atoms with Gasteiger partial charge in [0.25, 0.3) is 0 Å². The molecule has 0 amide bonds. The third-order valence-corrected chi connectivity index (χ3v) is 4.24. The Morgan fingerprint density at radius 3 is 2.79 bits per heavy atom. The van der Waals surface area contributed by atoms with Gasteiger partial charge in [-0.2, -0.15) is 0 Å². The van der Waals surface area contributed by atoms with E-state index in [0.717, 1.165) is 12.8 Å². The van der Waals surface area contributed by atoms with Gasteiger partial charge in [-0.3, -0.25) is 0 Å². The molecule has 0 spiro atoms. The largest absolute Gasteiger partial charge is 0.395 e. The Morgan fingerprint density at radius 1 is 1.57 bits per heavy atom. The maximum atomic E-state index is 11.6. The summed E-state index contributed by atoms with van der Waals surface area (Å²) in [7, 11) is -1.78. The molecule has 14 heavy (non-hydrogen) atoms. The van der Waals surface area contributed by atoms with Crippen LogP contribution in [0.4, 0.5) is 0 Å². The van der Waals surface area contributed by atoms with Crippen molar-refractivity contribution in [1.29, 1.82) is 0 Å². The molecule has 0 radical (unpaired) electrons. The quantitative estimate of drug-likeness (QED) is 0.677. The van der Waals surface area contributed by atoms with Gasteiger partial charge in [0.15, 0.2) is 0 Å². The van der Waals surface area contributed by atoms with Crippen LogP contribution in [-0.4, -0.2) is 56.5 Å². The van der Waals surface area contributed by atoms with E-state index in [1.165, 1.54) is 11.4 Å². The van der Waals surface area contributed by atoms with Crippen LogP contribution in [0.25, 0.3) is 0 Å². The Bertz CT molecular complexity index is 259. The fourth-order valence-corrected chi connectivity index (χ4v) is 2.76. The highest BCUT2D eigenvalue weighted by Crippen LogP contribution is 2.15. The Morgan fingerprint density at radius 2 is 2.29 bits per heavy atom. The van der Waals surface area contributed by atoms with E-state index >= 15 is 0 Å². The maximum absolute atomic E-state index is 11.6. The van der Waals surface area contributed by atoms with E-state index in [1.807, 2.05) is 0 Å². The summed E-state index contributed by atoms with van der Waals surface area (Å²) < 4.78 is 29.6. The van der Waals surface area contributed by atoms with Crippen LogP contribution in [0.15, 0.2) is 0 Å². The topological polar surface area (TPSA) is 66.8 Å². The number of ether oxygens (including phenoxy) is 1. The number of rotatable bonds is 5. The minimum absolute atomic E-state index is 0.0312. The zero-order valence-corrected chi connectivity index (χ0v) is 9.16. The normalized spacial score (nSPS) is 23.2. The second kappa shape index (κ2) is 5.06. The molecule has 0 aliphatic carbocycles. The number of sulfonamides is 1. The lowest BCUT2D eigenvalue weighted by Gasteiger charge is -2.18. The molecule has 1 heterocycles. The number of likely N-dealkylation sites (N-methyl/N-ethyl adjacent to an activating group) is 1. The van der Waals surface area contributed by atoms with E-state index in [4.69, 9.17) is 9.84 Å². The number of hydrogen-bond acceptors (Lipinski definition) is 4. The smallest absolute Gasteiger partial charge is 0.216 e. The lowest BCUT2D eigenvalue weighted by molar-refractivity contribution is 0.126. The summed E-state index contributed by atoms with van der Waals surface area (Å²) in [6.07, 6.45) is 1.58. The number of hydrogen-bond donors (Lipinski definition) is 1. The summed E-state index contributed by atoms with van der Waals surface area (Å²) >= 11 is 0. The van der Waals surface area contributed by atoms with Crippen molar-refractivity contribution in [2.45, 2.75) is 18.9 Å². The summed E-state index contributed by atoms with van der Waals surface area (Å²) in [6.45, 7) is 0.653. The molecule has 1 unspecified atom stereocenters. The van der Waals surface area contributed by atoms with Gasteiger partial charge in [-0.15, -0.1) is 0 Å². The van der Waals surface area contributed by atoms with Crippen LogP contribution in [0, 0.1) is 0 Å². The van der Waals surface area contributed by atoms with Crippen molar-refractivity contribution in [2.24, 2.45) is 0 Å². The molecule has 0 bridgehead atoms.